The van der Waals surface area contributed by atoms with Crippen LogP contribution in [-0.2, 0) is 26.2 Å². The van der Waals surface area contributed by atoms with E-state index in [9.17, 15) is 13.2 Å². The number of hydrogen-bond donors (Lipinski definition) is 1. The third-order valence-corrected chi connectivity index (χ3v) is 3.94. The maximum absolute atomic E-state index is 11.8. The Kier molecular flexibility index (Phi) is 6.08. The van der Waals surface area contributed by atoms with Crippen molar-refractivity contribution in [3.63, 3.8) is 0 Å². The van der Waals surface area contributed by atoms with E-state index in [-0.39, 0.29) is 6.61 Å². The zero-order valence-corrected chi connectivity index (χ0v) is 13.2. The van der Waals surface area contributed by atoms with Crippen molar-refractivity contribution in [3.05, 3.63) is 77.2 Å². The van der Waals surface area contributed by atoms with Gasteiger partial charge in [0.2, 0.25) is 10.0 Å². The maximum Gasteiger partial charge on any atom is 0.321 e. The third-order valence-electron chi connectivity index (χ3n) is 2.90. The number of hydrogen-bond acceptors (Lipinski definition) is 4. The minimum absolute atomic E-state index is 0.112. The van der Waals surface area contributed by atoms with E-state index in [1.807, 2.05) is 36.4 Å². The van der Waals surface area contributed by atoms with Crippen LogP contribution >= 0.6 is 0 Å². The predicted molar refractivity (Wildman–Crippen MR) is 88.6 cm³/mol. The van der Waals surface area contributed by atoms with Crippen LogP contribution in [0.25, 0.3) is 6.08 Å². The smallest absolute Gasteiger partial charge is 0.321 e. The largest absolute Gasteiger partial charge is 0.460 e. The molecule has 0 fully saturated rings. The van der Waals surface area contributed by atoms with Gasteiger partial charge in [-0.25, -0.2) is 13.1 Å². The van der Waals surface area contributed by atoms with Crippen molar-refractivity contribution in [3.8, 4) is 0 Å². The first-order valence-corrected chi connectivity index (χ1v) is 8.52. The Bertz CT molecular complexity index is 756. The number of carbonyl (C=O) groups is 1. The van der Waals surface area contributed by atoms with Gasteiger partial charge in [0.25, 0.3) is 0 Å². The molecule has 0 saturated carbocycles. The standard InChI is InChI=1S/C17H17NO4S/c19-17(22-14-16-9-5-2-6-10-16)13-18-23(20,21)12-11-15-7-3-1-4-8-15/h1-12,18H,13-14H2/b12-11+. The Labute approximate surface area is 135 Å². The number of carbonyl (C=O) groups excluding carboxylic acids is 1. The molecule has 6 heteroatoms. The highest BCUT2D eigenvalue weighted by molar-refractivity contribution is 7.92. The molecule has 0 radical (unpaired) electrons. The Hall–Kier alpha value is -2.44. The highest BCUT2D eigenvalue weighted by Crippen LogP contribution is 2.03. The Morgan fingerprint density at radius 2 is 1.61 bits per heavy atom. The highest BCUT2D eigenvalue weighted by atomic mass is 32.2. The molecule has 0 spiro atoms. The van der Waals surface area contributed by atoms with Gasteiger partial charge in [-0.05, 0) is 17.2 Å². The van der Waals surface area contributed by atoms with Crippen LogP contribution in [-0.4, -0.2) is 20.9 Å². The second-order valence-corrected chi connectivity index (χ2v) is 6.38. The molecule has 0 saturated heterocycles. The van der Waals surface area contributed by atoms with E-state index in [0.29, 0.717) is 0 Å². The van der Waals surface area contributed by atoms with Crippen LogP contribution in [0.15, 0.2) is 66.1 Å². The van der Waals surface area contributed by atoms with E-state index in [2.05, 4.69) is 4.72 Å². The molecule has 2 aromatic carbocycles. The molecule has 120 valence electrons. The quantitative estimate of drug-likeness (QED) is 0.790. The molecule has 0 aliphatic heterocycles. The third kappa shape index (κ3) is 6.46. The molecule has 2 rings (SSSR count). The topological polar surface area (TPSA) is 72.5 Å². The maximum atomic E-state index is 11.8. The van der Waals surface area contributed by atoms with Gasteiger partial charge in [0.15, 0.2) is 0 Å². The van der Waals surface area contributed by atoms with Gasteiger partial charge in [-0.1, -0.05) is 60.7 Å². The molecule has 0 aliphatic carbocycles. The fraction of sp³-hybridized carbons (Fsp3) is 0.118. The molecule has 0 unspecified atom stereocenters. The molecule has 2 aromatic rings. The molecule has 0 atom stereocenters. The summed E-state index contributed by atoms with van der Waals surface area (Å²) in [7, 11) is -3.69. The first-order valence-electron chi connectivity index (χ1n) is 6.97. The normalized spacial score (nSPS) is 11.5. The molecule has 5 nitrogen and oxygen atoms in total. The van der Waals surface area contributed by atoms with Crippen LogP contribution < -0.4 is 4.72 Å². The van der Waals surface area contributed by atoms with Gasteiger partial charge in [0.1, 0.15) is 13.2 Å². The van der Waals surface area contributed by atoms with Gasteiger partial charge in [-0.3, -0.25) is 4.79 Å². The summed E-state index contributed by atoms with van der Waals surface area (Å²) in [5, 5.41) is 1.02. The van der Waals surface area contributed by atoms with Crippen LogP contribution in [0.5, 0.6) is 0 Å². The van der Waals surface area contributed by atoms with Crippen LogP contribution in [0.4, 0.5) is 0 Å². The summed E-state index contributed by atoms with van der Waals surface area (Å²) in [5.41, 5.74) is 1.59. The molecule has 0 amide bonds. The Balaban J connectivity index is 1.79. The number of rotatable bonds is 7. The fourth-order valence-corrected chi connectivity index (χ4v) is 2.48. The van der Waals surface area contributed by atoms with E-state index < -0.39 is 22.5 Å². The minimum atomic E-state index is -3.69. The number of esters is 1. The first kappa shape index (κ1) is 16.9. The lowest BCUT2D eigenvalue weighted by atomic mass is 10.2. The van der Waals surface area contributed by atoms with Crippen molar-refractivity contribution in [1.82, 2.24) is 4.72 Å². The lowest BCUT2D eigenvalue weighted by molar-refractivity contribution is -0.143. The van der Waals surface area contributed by atoms with Gasteiger partial charge in [0.05, 0.1) is 0 Å². The second-order valence-electron chi connectivity index (χ2n) is 4.73. The van der Waals surface area contributed by atoms with Crippen molar-refractivity contribution < 1.29 is 17.9 Å². The van der Waals surface area contributed by atoms with Crippen molar-refractivity contribution >= 4 is 22.1 Å². The SMILES string of the molecule is O=C(CNS(=O)(=O)/C=C/c1ccccc1)OCc1ccccc1. The van der Waals surface area contributed by atoms with Crippen molar-refractivity contribution in [2.45, 2.75) is 6.61 Å². The van der Waals surface area contributed by atoms with E-state index in [1.54, 1.807) is 24.3 Å². The molecule has 1 N–H and O–H groups in total. The molecule has 0 aliphatic rings. The van der Waals surface area contributed by atoms with E-state index >= 15 is 0 Å². The summed E-state index contributed by atoms with van der Waals surface area (Å²) in [6, 6.07) is 18.2. The average molecular weight is 331 g/mol. The van der Waals surface area contributed by atoms with Crippen LogP contribution in [0, 0.1) is 0 Å². The average Bonchev–Trinajstić information content (AvgIpc) is 2.58. The van der Waals surface area contributed by atoms with E-state index in [1.165, 1.54) is 6.08 Å². The molecule has 0 aromatic heterocycles. The summed E-state index contributed by atoms with van der Waals surface area (Å²) in [5.74, 6) is -0.634. The van der Waals surface area contributed by atoms with E-state index in [4.69, 9.17) is 4.74 Å². The van der Waals surface area contributed by atoms with Crippen LogP contribution in [0.2, 0.25) is 0 Å². The van der Waals surface area contributed by atoms with Gasteiger partial charge >= 0.3 is 5.97 Å². The molecule has 23 heavy (non-hydrogen) atoms. The summed E-state index contributed by atoms with van der Waals surface area (Å²) in [6.45, 7) is -0.296. The fourth-order valence-electron chi connectivity index (χ4n) is 1.73. The number of benzene rings is 2. The van der Waals surface area contributed by atoms with Crippen LogP contribution in [0.1, 0.15) is 11.1 Å². The zero-order valence-electron chi connectivity index (χ0n) is 12.4. The summed E-state index contributed by atoms with van der Waals surface area (Å²) in [6.07, 6.45) is 1.46. The predicted octanol–water partition coefficient (Wildman–Crippen LogP) is 2.32. The molecular weight excluding hydrogens is 314 g/mol. The monoisotopic (exact) mass is 331 g/mol. The molecule has 0 heterocycles. The molecule has 0 bridgehead atoms. The highest BCUT2D eigenvalue weighted by Gasteiger charge is 2.09. The van der Waals surface area contributed by atoms with Gasteiger partial charge < -0.3 is 4.74 Å². The Morgan fingerprint density at radius 1 is 1.00 bits per heavy atom. The lowest BCUT2D eigenvalue weighted by Crippen LogP contribution is -2.29. The zero-order chi connectivity index (χ0) is 16.5. The first-order chi connectivity index (χ1) is 11.1. The Morgan fingerprint density at radius 3 is 2.26 bits per heavy atom. The number of ether oxygens (including phenoxy) is 1. The van der Waals surface area contributed by atoms with Gasteiger partial charge in [-0.15, -0.1) is 0 Å². The molecular formula is C17H17NO4S. The van der Waals surface area contributed by atoms with E-state index in [0.717, 1.165) is 16.5 Å². The van der Waals surface area contributed by atoms with Crippen molar-refractivity contribution in [2.24, 2.45) is 0 Å². The summed E-state index contributed by atoms with van der Waals surface area (Å²) >= 11 is 0. The summed E-state index contributed by atoms with van der Waals surface area (Å²) < 4.78 is 30.7. The number of sulfonamides is 1. The van der Waals surface area contributed by atoms with Crippen LogP contribution in [0.3, 0.4) is 0 Å². The second kappa shape index (κ2) is 8.26. The lowest BCUT2D eigenvalue weighted by Gasteiger charge is -2.05. The van der Waals surface area contributed by atoms with Gasteiger partial charge in [-0.2, -0.15) is 0 Å². The summed E-state index contributed by atoms with van der Waals surface area (Å²) in [4.78, 5) is 11.6. The minimum Gasteiger partial charge on any atom is -0.460 e. The van der Waals surface area contributed by atoms with Crippen molar-refractivity contribution in [2.75, 3.05) is 6.54 Å². The number of nitrogens with one attached hydrogen (secondary N) is 1. The van der Waals surface area contributed by atoms with Crippen molar-refractivity contribution in [1.29, 1.82) is 0 Å². The van der Waals surface area contributed by atoms with Gasteiger partial charge in [0, 0.05) is 5.41 Å².